The summed E-state index contributed by atoms with van der Waals surface area (Å²) in [6.45, 7) is 1.54. The maximum atomic E-state index is 12.6. The summed E-state index contributed by atoms with van der Waals surface area (Å²) in [6, 6.07) is 4.87. The minimum atomic E-state index is -4.39. The SMILES string of the molecule is O=C1CCNCCN1c1cccc(C(F)(F)F)c1. The van der Waals surface area contributed by atoms with Crippen molar-refractivity contribution in [3.05, 3.63) is 29.8 Å². The van der Waals surface area contributed by atoms with Gasteiger partial charge in [-0.3, -0.25) is 4.79 Å². The van der Waals surface area contributed by atoms with Crippen LogP contribution in [0.4, 0.5) is 18.9 Å². The minimum absolute atomic E-state index is 0.153. The minimum Gasteiger partial charge on any atom is -0.314 e. The fraction of sp³-hybridized carbons (Fsp3) is 0.417. The first kappa shape index (κ1) is 12.9. The Morgan fingerprint density at radius 1 is 1.22 bits per heavy atom. The maximum absolute atomic E-state index is 12.6. The van der Waals surface area contributed by atoms with Crippen molar-refractivity contribution in [3.63, 3.8) is 0 Å². The lowest BCUT2D eigenvalue weighted by molar-refractivity contribution is -0.137. The zero-order valence-electron chi connectivity index (χ0n) is 9.63. The Hall–Kier alpha value is -1.56. The van der Waals surface area contributed by atoms with Gasteiger partial charge in [0.15, 0.2) is 0 Å². The van der Waals surface area contributed by atoms with Gasteiger partial charge in [-0.2, -0.15) is 13.2 Å². The first-order valence-electron chi connectivity index (χ1n) is 5.67. The molecule has 1 aliphatic rings. The van der Waals surface area contributed by atoms with Crippen LogP contribution in [0.2, 0.25) is 0 Å². The van der Waals surface area contributed by atoms with Crippen molar-refractivity contribution in [2.24, 2.45) is 0 Å². The van der Waals surface area contributed by atoms with E-state index in [0.29, 0.717) is 31.7 Å². The van der Waals surface area contributed by atoms with Crippen molar-refractivity contribution in [3.8, 4) is 0 Å². The average Bonchev–Trinajstić information content (AvgIpc) is 2.53. The Labute approximate surface area is 103 Å². The standard InChI is InChI=1S/C12H13F3N2O/c13-12(14,15)9-2-1-3-10(8-9)17-7-6-16-5-4-11(17)18/h1-3,8,16H,4-7H2. The third kappa shape index (κ3) is 2.81. The summed E-state index contributed by atoms with van der Waals surface area (Å²) in [4.78, 5) is 13.2. The third-order valence-electron chi connectivity index (χ3n) is 2.81. The van der Waals surface area contributed by atoms with Gasteiger partial charge in [0.25, 0.3) is 0 Å². The van der Waals surface area contributed by atoms with Gasteiger partial charge in [-0.1, -0.05) is 6.07 Å². The highest BCUT2D eigenvalue weighted by Crippen LogP contribution is 2.31. The highest BCUT2D eigenvalue weighted by molar-refractivity contribution is 5.93. The topological polar surface area (TPSA) is 32.3 Å². The largest absolute Gasteiger partial charge is 0.416 e. The number of hydrogen-bond acceptors (Lipinski definition) is 2. The molecular weight excluding hydrogens is 245 g/mol. The number of carbonyl (C=O) groups excluding carboxylic acids is 1. The van der Waals surface area contributed by atoms with E-state index in [4.69, 9.17) is 0 Å². The van der Waals surface area contributed by atoms with E-state index >= 15 is 0 Å². The van der Waals surface area contributed by atoms with Gasteiger partial charge in [0.2, 0.25) is 5.91 Å². The molecule has 0 unspecified atom stereocenters. The molecule has 0 atom stereocenters. The second-order valence-corrected chi connectivity index (χ2v) is 4.09. The number of amides is 1. The van der Waals surface area contributed by atoms with E-state index in [1.165, 1.54) is 17.0 Å². The molecule has 0 spiro atoms. The molecule has 0 aliphatic carbocycles. The van der Waals surface area contributed by atoms with E-state index < -0.39 is 11.7 Å². The highest BCUT2D eigenvalue weighted by atomic mass is 19.4. The van der Waals surface area contributed by atoms with Gasteiger partial charge >= 0.3 is 6.18 Å². The molecule has 1 heterocycles. The molecule has 0 bridgehead atoms. The average molecular weight is 258 g/mol. The maximum Gasteiger partial charge on any atom is 0.416 e. The summed E-state index contributed by atoms with van der Waals surface area (Å²) in [5, 5.41) is 3.04. The molecule has 2 rings (SSSR count). The molecule has 0 saturated carbocycles. The fourth-order valence-corrected chi connectivity index (χ4v) is 1.89. The number of carbonyl (C=O) groups is 1. The molecule has 0 aromatic heterocycles. The number of benzene rings is 1. The Morgan fingerprint density at radius 3 is 2.72 bits per heavy atom. The van der Waals surface area contributed by atoms with E-state index in [1.54, 1.807) is 0 Å². The quantitative estimate of drug-likeness (QED) is 0.836. The van der Waals surface area contributed by atoms with Crippen molar-refractivity contribution in [1.29, 1.82) is 0 Å². The fourth-order valence-electron chi connectivity index (χ4n) is 1.89. The Bertz CT molecular complexity index is 445. The van der Waals surface area contributed by atoms with Crippen LogP contribution in [-0.2, 0) is 11.0 Å². The number of rotatable bonds is 1. The molecule has 1 aliphatic heterocycles. The van der Waals surface area contributed by atoms with Crippen LogP contribution in [0.3, 0.4) is 0 Å². The van der Waals surface area contributed by atoms with Gasteiger partial charge in [-0.05, 0) is 18.2 Å². The van der Waals surface area contributed by atoms with Crippen molar-refractivity contribution in [2.75, 3.05) is 24.5 Å². The molecule has 6 heteroatoms. The molecule has 1 N–H and O–H groups in total. The third-order valence-corrected chi connectivity index (χ3v) is 2.81. The van der Waals surface area contributed by atoms with Gasteiger partial charge in [-0.15, -0.1) is 0 Å². The van der Waals surface area contributed by atoms with Gasteiger partial charge in [0.1, 0.15) is 0 Å². The Balaban J connectivity index is 2.29. The molecule has 0 radical (unpaired) electrons. The van der Waals surface area contributed by atoms with E-state index in [0.717, 1.165) is 12.1 Å². The molecule has 1 saturated heterocycles. The Morgan fingerprint density at radius 2 is 2.00 bits per heavy atom. The van der Waals surface area contributed by atoms with Crippen LogP contribution in [0.5, 0.6) is 0 Å². The normalized spacial score (nSPS) is 17.7. The second kappa shape index (κ2) is 4.97. The summed E-state index contributed by atoms with van der Waals surface area (Å²) < 4.78 is 37.8. The van der Waals surface area contributed by atoms with Crippen molar-refractivity contribution in [1.82, 2.24) is 5.32 Å². The molecule has 3 nitrogen and oxygen atoms in total. The number of nitrogens with zero attached hydrogens (tertiary/aromatic N) is 1. The van der Waals surface area contributed by atoms with Gasteiger partial charge in [0, 0.05) is 31.7 Å². The first-order valence-corrected chi connectivity index (χ1v) is 5.67. The number of hydrogen-bond donors (Lipinski definition) is 1. The van der Waals surface area contributed by atoms with E-state index in [1.807, 2.05) is 0 Å². The molecule has 18 heavy (non-hydrogen) atoms. The first-order chi connectivity index (χ1) is 8.48. The summed E-state index contributed by atoms with van der Waals surface area (Å²) >= 11 is 0. The van der Waals surface area contributed by atoms with E-state index in [9.17, 15) is 18.0 Å². The smallest absolute Gasteiger partial charge is 0.314 e. The number of nitrogens with one attached hydrogen (secondary N) is 1. The number of alkyl halides is 3. The molecule has 1 aromatic rings. The predicted octanol–water partition coefficient (Wildman–Crippen LogP) is 2.03. The lowest BCUT2D eigenvalue weighted by Gasteiger charge is -2.21. The lowest BCUT2D eigenvalue weighted by atomic mass is 10.1. The molecule has 1 amide bonds. The summed E-state index contributed by atoms with van der Waals surface area (Å²) in [6.07, 6.45) is -4.08. The molecule has 1 fully saturated rings. The predicted molar refractivity (Wildman–Crippen MR) is 61.3 cm³/mol. The van der Waals surface area contributed by atoms with Crippen LogP contribution in [0.25, 0.3) is 0 Å². The van der Waals surface area contributed by atoms with Gasteiger partial charge < -0.3 is 10.2 Å². The highest BCUT2D eigenvalue weighted by Gasteiger charge is 2.31. The Kier molecular flexibility index (Phi) is 3.56. The van der Waals surface area contributed by atoms with Crippen molar-refractivity contribution >= 4 is 11.6 Å². The van der Waals surface area contributed by atoms with Crippen LogP contribution in [-0.4, -0.2) is 25.5 Å². The van der Waals surface area contributed by atoms with Crippen LogP contribution in [0, 0.1) is 0 Å². The molecule has 98 valence electrons. The summed E-state index contributed by atoms with van der Waals surface area (Å²) in [5.74, 6) is -0.153. The van der Waals surface area contributed by atoms with Gasteiger partial charge in [-0.25, -0.2) is 0 Å². The van der Waals surface area contributed by atoms with Crippen LogP contribution < -0.4 is 10.2 Å². The van der Waals surface area contributed by atoms with Crippen molar-refractivity contribution in [2.45, 2.75) is 12.6 Å². The summed E-state index contributed by atoms with van der Waals surface area (Å²) in [5.41, 5.74) is -0.427. The molecule has 1 aromatic carbocycles. The molecular formula is C12H13F3N2O. The number of halogens is 3. The zero-order valence-corrected chi connectivity index (χ0v) is 9.63. The lowest BCUT2D eigenvalue weighted by Crippen LogP contribution is -2.32. The van der Waals surface area contributed by atoms with Crippen LogP contribution >= 0.6 is 0 Å². The van der Waals surface area contributed by atoms with Crippen LogP contribution in [0.15, 0.2) is 24.3 Å². The van der Waals surface area contributed by atoms with E-state index in [-0.39, 0.29) is 5.91 Å². The van der Waals surface area contributed by atoms with Crippen LogP contribution in [0.1, 0.15) is 12.0 Å². The summed E-state index contributed by atoms with van der Waals surface area (Å²) in [7, 11) is 0. The van der Waals surface area contributed by atoms with Crippen molar-refractivity contribution < 1.29 is 18.0 Å². The monoisotopic (exact) mass is 258 g/mol. The van der Waals surface area contributed by atoms with Gasteiger partial charge in [0.05, 0.1) is 5.56 Å². The number of anilines is 1. The zero-order chi connectivity index (χ0) is 13.2. The van der Waals surface area contributed by atoms with E-state index in [2.05, 4.69) is 5.32 Å². The second-order valence-electron chi connectivity index (χ2n) is 4.09.